The zero-order valence-electron chi connectivity index (χ0n) is 12.5. The number of carbonyl (C=O) groups is 1. The molecule has 2 rings (SSSR count). The standard InChI is InChI=1S/C16H22Cl2N2O2/c17-12-4-5-13(14(18)8-12)15(21)10-20-7-1-2-11(9-20)3-6-16(19)22/h4-5,8,11,15,21H,1-3,6-7,9-10H2,(H2,19,22). The zero-order chi connectivity index (χ0) is 16.1. The van der Waals surface area contributed by atoms with Gasteiger partial charge in [0.25, 0.3) is 0 Å². The van der Waals surface area contributed by atoms with Crippen LogP contribution < -0.4 is 5.73 Å². The highest BCUT2D eigenvalue weighted by molar-refractivity contribution is 6.35. The van der Waals surface area contributed by atoms with Crippen molar-refractivity contribution in [2.45, 2.75) is 31.8 Å². The molecule has 0 aliphatic carbocycles. The Kier molecular flexibility index (Phi) is 6.50. The summed E-state index contributed by atoms with van der Waals surface area (Å²) in [6.07, 6.45) is 2.81. The summed E-state index contributed by atoms with van der Waals surface area (Å²) in [5.41, 5.74) is 5.91. The van der Waals surface area contributed by atoms with Gasteiger partial charge in [-0.15, -0.1) is 0 Å². The van der Waals surface area contributed by atoms with Gasteiger partial charge in [-0.25, -0.2) is 0 Å². The lowest BCUT2D eigenvalue weighted by Gasteiger charge is -2.34. The maximum atomic E-state index is 10.9. The average molecular weight is 345 g/mol. The van der Waals surface area contributed by atoms with E-state index in [0.29, 0.717) is 34.5 Å². The van der Waals surface area contributed by atoms with Gasteiger partial charge in [-0.2, -0.15) is 0 Å². The van der Waals surface area contributed by atoms with Crippen molar-refractivity contribution < 1.29 is 9.90 Å². The Hall–Kier alpha value is -0.810. The highest BCUT2D eigenvalue weighted by Gasteiger charge is 2.23. The molecule has 1 aliphatic rings. The van der Waals surface area contributed by atoms with E-state index in [2.05, 4.69) is 4.90 Å². The molecule has 1 heterocycles. The van der Waals surface area contributed by atoms with Crippen LogP contribution in [0.15, 0.2) is 18.2 Å². The molecule has 2 unspecified atom stereocenters. The molecule has 0 radical (unpaired) electrons. The van der Waals surface area contributed by atoms with Crippen LogP contribution in [0.25, 0.3) is 0 Å². The van der Waals surface area contributed by atoms with Gasteiger partial charge in [-0.3, -0.25) is 4.79 Å². The second-order valence-electron chi connectivity index (χ2n) is 5.95. The van der Waals surface area contributed by atoms with E-state index >= 15 is 0 Å². The van der Waals surface area contributed by atoms with E-state index in [1.54, 1.807) is 18.2 Å². The topological polar surface area (TPSA) is 66.6 Å². The molecule has 1 fully saturated rings. The van der Waals surface area contributed by atoms with Crippen LogP contribution in [0.3, 0.4) is 0 Å². The average Bonchev–Trinajstić information content (AvgIpc) is 2.45. The molecule has 3 N–H and O–H groups in total. The Morgan fingerprint density at radius 2 is 2.23 bits per heavy atom. The molecule has 0 bridgehead atoms. The summed E-state index contributed by atoms with van der Waals surface area (Å²) in [5.74, 6) is 0.222. The number of nitrogens with zero attached hydrogens (tertiary/aromatic N) is 1. The summed E-state index contributed by atoms with van der Waals surface area (Å²) in [6.45, 7) is 2.37. The van der Waals surface area contributed by atoms with Crippen molar-refractivity contribution >= 4 is 29.1 Å². The van der Waals surface area contributed by atoms with Gasteiger partial charge < -0.3 is 15.7 Å². The molecule has 0 aromatic heterocycles. The first-order valence-electron chi connectivity index (χ1n) is 7.59. The van der Waals surface area contributed by atoms with E-state index in [-0.39, 0.29) is 5.91 Å². The van der Waals surface area contributed by atoms with Crippen LogP contribution in [0.4, 0.5) is 0 Å². The van der Waals surface area contributed by atoms with Crippen molar-refractivity contribution in [1.29, 1.82) is 0 Å². The number of primary amides is 1. The second kappa shape index (κ2) is 8.16. The Balaban J connectivity index is 1.90. The minimum atomic E-state index is -0.639. The predicted octanol–water partition coefficient (Wildman–Crippen LogP) is 3.00. The third-order valence-corrected chi connectivity index (χ3v) is 4.72. The fourth-order valence-electron chi connectivity index (χ4n) is 3.01. The SMILES string of the molecule is NC(=O)CCC1CCCN(CC(O)c2ccc(Cl)cc2Cl)C1. The number of amides is 1. The second-order valence-corrected chi connectivity index (χ2v) is 6.80. The number of likely N-dealkylation sites (tertiary alicyclic amines) is 1. The first-order valence-corrected chi connectivity index (χ1v) is 8.35. The first-order chi connectivity index (χ1) is 10.5. The quantitative estimate of drug-likeness (QED) is 0.833. The van der Waals surface area contributed by atoms with Crippen LogP contribution >= 0.6 is 23.2 Å². The summed E-state index contributed by atoms with van der Waals surface area (Å²) >= 11 is 12.0. The fourth-order valence-corrected chi connectivity index (χ4v) is 3.55. The van der Waals surface area contributed by atoms with E-state index in [0.717, 1.165) is 32.4 Å². The van der Waals surface area contributed by atoms with Gasteiger partial charge in [0, 0.05) is 35.1 Å². The summed E-state index contributed by atoms with van der Waals surface area (Å²) < 4.78 is 0. The van der Waals surface area contributed by atoms with E-state index in [1.807, 2.05) is 0 Å². The Morgan fingerprint density at radius 3 is 2.91 bits per heavy atom. The predicted molar refractivity (Wildman–Crippen MR) is 89.0 cm³/mol. The lowest BCUT2D eigenvalue weighted by Crippen LogP contribution is -2.38. The van der Waals surface area contributed by atoms with Crippen molar-refractivity contribution in [3.63, 3.8) is 0 Å². The first kappa shape index (κ1) is 17.5. The van der Waals surface area contributed by atoms with Crippen LogP contribution in [0.2, 0.25) is 10.0 Å². The molecular weight excluding hydrogens is 323 g/mol. The summed E-state index contributed by atoms with van der Waals surface area (Å²) in [6, 6.07) is 5.15. The highest BCUT2D eigenvalue weighted by atomic mass is 35.5. The Labute approximate surface area is 141 Å². The van der Waals surface area contributed by atoms with Crippen LogP contribution in [-0.4, -0.2) is 35.5 Å². The van der Waals surface area contributed by atoms with Gasteiger partial charge in [0.2, 0.25) is 5.91 Å². The van der Waals surface area contributed by atoms with Gasteiger partial charge in [0.1, 0.15) is 0 Å². The number of aliphatic hydroxyl groups is 1. The molecule has 0 saturated carbocycles. The fraction of sp³-hybridized carbons (Fsp3) is 0.562. The number of hydrogen-bond donors (Lipinski definition) is 2. The molecule has 1 aromatic rings. The van der Waals surface area contributed by atoms with Gasteiger partial charge in [0.15, 0.2) is 0 Å². The lowest BCUT2D eigenvalue weighted by atomic mass is 9.93. The van der Waals surface area contributed by atoms with Crippen molar-refractivity contribution in [2.24, 2.45) is 11.7 Å². The van der Waals surface area contributed by atoms with Crippen molar-refractivity contribution in [3.8, 4) is 0 Å². The molecule has 6 heteroatoms. The van der Waals surface area contributed by atoms with Gasteiger partial charge in [-0.05, 0) is 43.9 Å². The number of carbonyl (C=O) groups excluding carboxylic acids is 1. The zero-order valence-corrected chi connectivity index (χ0v) is 14.0. The van der Waals surface area contributed by atoms with Crippen molar-refractivity contribution in [1.82, 2.24) is 4.90 Å². The third-order valence-electron chi connectivity index (χ3n) is 4.15. The number of nitrogens with two attached hydrogens (primary N) is 1. The summed E-state index contributed by atoms with van der Waals surface area (Å²) in [5, 5.41) is 11.5. The van der Waals surface area contributed by atoms with Crippen LogP contribution in [0, 0.1) is 5.92 Å². The number of halogens is 2. The number of aliphatic hydroxyl groups excluding tert-OH is 1. The highest BCUT2D eigenvalue weighted by Crippen LogP contribution is 2.28. The maximum absolute atomic E-state index is 10.9. The largest absolute Gasteiger partial charge is 0.387 e. The number of piperidine rings is 1. The van der Waals surface area contributed by atoms with Gasteiger partial charge >= 0.3 is 0 Å². The molecule has 1 saturated heterocycles. The number of hydrogen-bond acceptors (Lipinski definition) is 3. The van der Waals surface area contributed by atoms with E-state index in [9.17, 15) is 9.90 Å². The van der Waals surface area contributed by atoms with Crippen molar-refractivity contribution in [2.75, 3.05) is 19.6 Å². The van der Waals surface area contributed by atoms with Crippen molar-refractivity contribution in [3.05, 3.63) is 33.8 Å². The monoisotopic (exact) mass is 344 g/mol. The molecule has 0 spiro atoms. The smallest absolute Gasteiger partial charge is 0.217 e. The lowest BCUT2D eigenvalue weighted by molar-refractivity contribution is -0.118. The number of benzene rings is 1. The number of rotatable bonds is 6. The van der Waals surface area contributed by atoms with Crippen LogP contribution in [0.1, 0.15) is 37.4 Å². The molecule has 1 amide bonds. The minimum absolute atomic E-state index is 0.245. The molecule has 1 aliphatic heterocycles. The molecule has 4 nitrogen and oxygen atoms in total. The number of β-amino-alcohol motifs (C(OH)–C–C–N with tert-alkyl or cyclic N) is 1. The van der Waals surface area contributed by atoms with Gasteiger partial charge in [-0.1, -0.05) is 29.3 Å². The maximum Gasteiger partial charge on any atom is 0.217 e. The Bertz CT molecular complexity index is 525. The Morgan fingerprint density at radius 1 is 1.45 bits per heavy atom. The molecule has 22 heavy (non-hydrogen) atoms. The third kappa shape index (κ3) is 5.13. The van der Waals surface area contributed by atoms with E-state index < -0.39 is 6.10 Å². The van der Waals surface area contributed by atoms with Gasteiger partial charge in [0.05, 0.1) is 6.10 Å². The molecular formula is C16H22Cl2N2O2. The molecule has 2 atom stereocenters. The van der Waals surface area contributed by atoms with E-state index in [1.165, 1.54) is 0 Å². The summed E-state index contributed by atoms with van der Waals surface area (Å²) in [7, 11) is 0. The normalized spacial score (nSPS) is 20.8. The molecule has 122 valence electrons. The molecule has 1 aromatic carbocycles. The van der Waals surface area contributed by atoms with Crippen LogP contribution in [-0.2, 0) is 4.79 Å². The van der Waals surface area contributed by atoms with E-state index in [4.69, 9.17) is 28.9 Å². The van der Waals surface area contributed by atoms with Crippen LogP contribution in [0.5, 0.6) is 0 Å². The minimum Gasteiger partial charge on any atom is -0.387 e. The summed E-state index contributed by atoms with van der Waals surface area (Å²) in [4.78, 5) is 13.1.